The van der Waals surface area contributed by atoms with Crippen molar-refractivity contribution < 1.29 is 23.2 Å². The summed E-state index contributed by atoms with van der Waals surface area (Å²) in [5.74, 6) is -1.42. The standard InChI is InChI=1S/C6H10O5S/c1-3-5(12(9,10)11)6(8)4(2)7/h3,7-8H,1-2H3,(H,9,10,11)/b5-3+,6-4-. The van der Waals surface area contributed by atoms with Crippen LogP contribution in [-0.2, 0) is 10.1 Å². The summed E-state index contributed by atoms with van der Waals surface area (Å²) in [5, 5.41) is 17.6. The second-order valence-electron chi connectivity index (χ2n) is 2.06. The molecule has 0 aliphatic carbocycles. The summed E-state index contributed by atoms with van der Waals surface area (Å²) in [6.07, 6.45) is 0.977. The lowest BCUT2D eigenvalue weighted by Crippen LogP contribution is -2.05. The molecule has 3 N–H and O–H groups in total. The van der Waals surface area contributed by atoms with E-state index in [2.05, 4.69) is 0 Å². The number of hydrogen-bond acceptors (Lipinski definition) is 4. The molecule has 0 amide bonds. The van der Waals surface area contributed by atoms with Crippen LogP contribution in [0.15, 0.2) is 22.5 Å². The van der Waals surface area contributed by atoms with Gasteiger partial charge in [0.05, 0.1) is 0 Å². The molecule has 6 heteroatoms. The second kappa shape index (κ2) is 3.59. The maximum atomic E-state index is 10.5. The lowest BCUT2D eigenvalue weighted by molar-refractivity contribution is 0.336. The molecule has 12 heavy (non-hydrogen) atoms. The van der Waals surface area contributed by atoms with E-state index in [1.807, 2.05) is 0 Å². The Balaban J connectivity index is 5.29. The first-order valence-corrected chi connectivity index (χ1v) is 4.47. The van der Waals surface area contributed by atoms with Crippen LogP contribution in [0.3, 0.4) is 0 Å². The highest BCUT2D eigenvalue weighted by atomic mass is 32.2. The van der Waals surface area contributed by atoms with E-state index in [1.54, 1.807) is 0 Å². The van der Waals surface area contributed by atoms with Crippen molar-refractivity contribution in [2.45, 2.75) is 13.8 Å². The van der Waals surface area contributed by atoms with Gasteiger partial charge < -0.3 is 10.2 Å². The zero-order valence-corrected chi connectivity index (χ0v) is 7.46. The van der Waals surface area contributed by atoms with Crippen LogP contribution < -0.4 is 0 Å². The fourth-order valence-electron chi connectivity index (χ4n) is 0.586. The Kier molecular flexibility index (Phi) is 3.29. The van der Waals surface area contributed by atoms with E-state index in [-0.39, 0.29) is 0 Å². The Morgan fingerprint density at radius 2 is 1.75 bits per heavy atom. The van der Waals surface area contributed by atoms with Gasteiger partial charge in [-0.3, -0.25) is 4.55 Å². The number of allylic oxidation sites excluding steroid dienone is 2. The Bertz CT molecular complexity index is 318. The molecule has 0 saturated heterocycles. The third-order valence-corrected chi connectivity index (χ3v) is 2.10. The fraction of sp³-hybridized carbons (Fsp3) is 0.333. The van der Waals surface area contributed by atoms with Gasteiger partial charge in [-0.25, -0.2) is 0 Å². The smallest absolute Gasteiger partial charge is 0.298 e. The number of aliphatic hydroxyl groups excluding tert-OH is 2. The number of aliphatic hydroxyl groups is 2. The molecule has 0 unspecified atom stereocenters. The van der Waals surface area contributed by atoms with Crippen LogP contribution in [0.2, 0.25) is 0 Å². The molecule has 0 rings (SSSR count). The van der Waals surface area contributed by atoms with Crippen molar-refractivity contribution in [3.63, 3.8) is 0 Å². The highest BCUT2D eigenvalue weighted by Gasteiger charge is 2.19. The Morgan fingerprint density at radius 1 is 1.33 bits per heavy atom. The molecule has 0 aromatic rings. The number of hydrogen-bond donors (Lipinski definition) is 3. The average Bonchev–Trinajstić information content (AvgIpc) is 1.85. The highest BCUT2D eigenvalue weighted by molar-refractivity contribution is 7.90. The SMILES string of the molecule is C/C=C(\C(O)=C(/C)O)S(=O)(=O)O. The number of rotatable bonds is 2. The monoisotopic (exact) mass is 194 g/mol. The first kappa shape index (κ1) is 11.0. The molecular weight excluding hydrogens is 184 g/mol. The Morgan fingerprint density at radius 3 is 1.83 bits per heavy atom. The van der Waals surface area contributed by atoms with Crippen LogP contribution in [0, 0.1) is 0 Å². The Hall–Kier alpha value is -1.01. The van der Waals surface area contributed by atoms with Crippen molar-refractivity contribution in [2.24, 2.45) is 0 Å². The van der Waals surface area contributed by atoms with E-state index >= 15 is 0 Å². The lowest BCUT2D eigenvalue weighted by Gasteiger charge is -2.02. The van der Waals surface area contributed by atoms with Crippen molar-refractivity contribution in [3.05, 3.63) is 22.5 Å². The van der Waals surface area contributed by atoms with E-state index in [0.717, 1.165) is 13.0 Å². The summed E-state index contributed by atoms with van der Waals surface area (Å²) in [6, 6.07) is 0. The van der Waals surface area contributed by atoms with Crippen molar-refractivity contribution in [1.29, 1.82) is 0 Å². The molecule has 0 aliphatic rings. The predicted octanol–water partition coefficient (Wildman–Crippen LogP) is 1.13. The zero-order valence-electron chi connectivity index (χ0n) is 6.64. The lowest BCUT2D eigenvalue weighted by atomic mass is 10.4. The minimum absolute atomic E-state index is 0.569. The van der Waals surface area contributed by atoms with Crippen molar-refractivity contribution in [2.75, 3.05) is 0 Å². The van der Waals surface area contributed by atoms with E-state index in [9.17, 15) is 8.42 Å². The molecule has 70 valence electrons. The van der Waals surface area contributed by atoms with E-state index < -0.39 is 26.5 Å². The van der Waals surface area contributed by atoms with Crippen molar-refractivity contribution >= 4 is 10.1 Å². The van der Waals surface area contributed by atoms with Gasteiger partial charge in [-0.05, 0) is 13.8 Å². The van der Waals surface area contributed by atoms with E-state index in [0.29, 0.717) is 0 Å². The maximum absolute atomic E-state index is 10.5. The fourth-order valence-corrected chi connectivity index (χ4v) is 1.28. The first-order chi connectivity index (χ1) is 5.30. The van der Waals surface area contributed by atoms with Gasteiger partial charge in [0.25, 0.3) is 10.1 Å². The van der Waals surface area contributed by atoms with Crippen LogP contribution >= 0.6 is 0 Å². The van der Waals surface area contributed by atoms with Gasteiger partial charge in [-0.2, -0.15) is 8.42 Å². The van der Waals surface area contributed by atoms with Crippen LogP contribution in [0.1, 0.15) is 13.8 Å². The quantitative estimate of drug-likeness (QED) is 0.348. The largest absolute Gasteiger partial charge is 0.509 e. The van der Waals surface area contributed by atoms with E-state index in [4.69, 9.17) is 14.8 Å². The summed E-state index contributed by atoms with van der Waals surface area (Å²) in [6.45, 7) is 2.41. The molecule has 0 radical (unpaired) electrons. The van der Waals surface area contributed by atoms with Gasteiger partial charge in [-0.15, -0.1) is 0 Å². The van der Waals surface area contributed by atoms with Crippen LogP contribution in [0.25, 0.3) is 0 Å². The summed E-state index contributed by atoms with van der Waals surface area (Å²) < 4.78 is 29.5. The molecule has 0 saturated carbocycles. The molecule has 0 aliphatic heterocycles. The summed E-state index contributed by atoms with van der Waals surface area (Å²) in [5.41, 5.74) is 0. The van der Waals surface area contributed by atoms with Crippen molar-refractivity contribution in [1.82, 2.24) is 0 Å². The maximum Gasteiger partial charge on any atom is 0.298 e. The zero-order chi connectivity index (χ0) is 9.94. The van der Waals surface area contributed by atoms with Gasteiger partial charge in [0.1, 0.15) is 10.7 Å². The molecule has 0 heterocycles. The third kappa shape index (κ3) is 2.55. The molecule has 0 aromatic heterocycles. The third-order valence-electron chi connectivity index (χ3n) is 1.12. The van der Waals surface area contributed by atoms with Gasteiger partial charge >= 0.3 is 0 Å². The van der Waals surface area contributed by atoms with Crippen LogP contribution in [0.4, 0.5) is 0 Å². The van der Waals surface area contributed by atoms with Gasteiger partial charge in [-0.1, -0.05) is 6.08 Å². The minimum Gasteiger partial charge on any atom is -0.509 e. The Labute approximate surface area is 70.4 Å². The molecule has 0 fully saturated rings. The summed E-state index contributed by atoms with van der Waals surface area (Å²) >= 11 is 0. The molecule has 0 atom stereocenters. The molecule has 0 bridgehead atoms. The highest BCUT2D eigenvalue weighted by Crippen LogP contribution is 2.15. The normalized spacial score (nSPS) is 15.8. The molecule has 5 nitrogen and oxygen atoms in total. The van der Waals surface area contributed by atoms with Gasteiger partial charge in [0.2, 0.25) is 0 Å². The van der Waals surface area contributed by atoms with Gasteiger partial charge in [0, 0.05) is 0 Å². The van der Waals surface area contributed by atoms with Crippen LogP contribution in [0.5, 0.6) is 0 Å². The minimum atomic E-state index is -4.47. The first-order valence-electron chi connectivity index (χ1n) is 3.03. The van der Waals surface area contributed by atoms with E-state index in [1.165, 1.54) is 6.92 Å². The molecular formula is C6H10O5S. The van der Waals surface area contributed by atoms with Crippen LogP contribution in [-0.4, -0.2) is 23.2 Å². The summed E-state index contributed by atoms with van der Waals surface area (Å²) in [7, 11) is -4.47. The summed E-state index contributed by atoms with van der Waals surface area (Å²) in [4.78, 5) is -0.706. The predicted molar refractivity (Wildman–Crippen MR) is 43.3 cm³/mol. The average molecular weight is 194 g/mol. The second-order valence-corrected chi connectivity index (χ2v) is 3.45. The topological polar surface area (TPSA) is 94.8 Å². The van der Waals surface area contributed by atoms with Crippen molar-refractivity contribution in [3.8, 4) is 0 Å². The molecule has 0 aromatic carbocycles. The molecule has 0 spiro atoms. The van der Waals surface area contributed by atoms with Gasteiger partial charge in [0.15, 0.2) is 5.76 Å².